The predicted molar refractivity (Wildman–Crippen MR) is 84.7 cm³/mol. The lowest BCUT2D eigenvalue weighted by Gasteiger charge is -2.08. The second kappa shape index (κ2) is 6.46. The van der Waals surface area contributed by atoms with E-state index in [1.165, 1.54) is 35.0 Å². The second-order valence-electron chi connectivity index (χ2n) is 5.11. The second-order valence-corrected chi connectivity index (χ2v) is 6.88. The Morgan fingerprint density at radius 3 is 2.67 bits per heavy atom. The first kappa shape index (κ1) is 16.2. The minimum Gasteiger partial charge on any atom is -0.229 e. The molecule has 7 nitrogen and oxygen atoms in total. The molecule has 0 unspecified atom stereocenters. The van der Waals surface area contributed by atoms with E-state index < -0.39 is 15.8 Å². The zero-order valence-electron chi connectivity index (χ0n) is 12.7. The summed E-state index contributed by atoms with van der Waals surface area (Å²) in [6.45, 7) is -0.00413. The summed E-state index contributed by atoms with van der Waals surface area (Å²) < 4.78 is 41.9. The van der Waals surface area contributed by atoms with Crippen molar-refractivity contribution in [3.05, 3.63) is 59.9 Å². The first-order valence-corrected chi connectivity index (χ1v) is 8.51. The van der Waals surface area contributed by atoms with E-state index in [2.05, 4.69) is 20.2 Å². The first-order chi connectivity index (χ1) is 11.5. The highest BCUT2D eigenvalue weighted by atomic mass is 32.2. The number of aryl methyl sites for hydroxylation is 1. The van der Waals surface area contributed by atoms with Gasteiger partial charge in [-0.3, -0.25) is 0 Å². The van der Waals surface area contributed by atoms with Gasteiger partial charge in [-0.15, -0.1) is 5.10 Å². The van der Waals surface area contributed by atoms with E-state index in [0.717, 1.165) is 0 Å². The molecular formula is C15H14FN5O2S. The van der Waals surface area contributed by atoms with Crippen molar-refractivity contribution in [2.45, 2.75) is 11.4 Å². The van der Waals surface area contributed by atoms with Gasteiger partial charge in [0, 0.05) is 19.2 Å². The fraction of sp³-hybridized carbons (Fsp3) is 0.133. The lowest BCUT2D eigenvalue weighted by molar-refractivity contribution is 0.580. The molecule has 0 aliphatic heterocycles. The van der Waals surface area contributed by atoms with E-state index in [9.17, 15) is 12.8 Å². The molecule has 0 atom stereocenters. The van der Waals surface area contributed by atoms with E-state index in [1.54, 1.807) is 25.2 Å². The maximum Gasteiger partial charge on any atom is 0.240 e. The number of tetrazole rings is 1. The van der Waals surface area contributed by atoms with Crippen LogP contribution in [0.25, 0.3) is 11.4 Å². The Balaban J connectivity index is 1.83. The highest BCUT2D eigenvalue weighted by Gasteiger charge is 2.16. The van der Waals surface area contributed by atoms with Crippen molar-refractivity contribution >= 4 is 10.0 Å². The number of benzene rings is 2. The molecule has 3 aromatic rings. The maximum atomic E-state index is 13.2. The summed E-state index contributed by atoms with van der Waals surface area (Å²) in [5.41, 5.74) is 1.11. The van der Waals surface area contributed by atoms with Crippen LogP contribution in [0.3, 0.4) is 0 Å². The molecule has 1 heterocycles. The SMILES string of the molecule is Cn1nnnc1-c1cccc(S(=O)(=O)NCc2cccc(F)c2)c1. The van der Waals surface area contributed by atoms with Crippen LogP contribution in [-0.4, -0.2) is 28.6 Å². The van der Waals surface area contributed by atoms with Gasteiger partial charge in [0.1, 0.15) is 5.82 Å². The molecule has 0 saturated carbocycles. The molecular weight excluding hydrogens is 333 g/mol. The zero-order chi connectivity index (χ0) is 17.2. The van der Waals surface area contributed by atoms with Crippen LogP contribution in [0, 0.1) is 5.82 Å². The van der Waals surface area contributed by atoms with Gasteiger partial charge in [0.05, 0.1) is 4.90 Å². The number of nitrogens with one attached hydrogen (secondary N) is 1. The number of hydrogen-bond acceptors (Lipinski definition) is 5. The number of nitrogens with zero attached hydrogens (tertiary/aromatic N) is 4. The zero-order valence-corrected chi connectivity index (χ0v) is 13.5. The van der Waals surface area contributed by atoms with Gasteiger partial charge >= 0.3 is 0 Å². The topological polar surface area (TPSA) is 89.8 Å². The average molecular weight is 347 g/mol. The summed E-state index contributed by atoms with van der Waals surface area (Å²) in [7, 11) is -2.08. The third-order valence-electron chi connectivity index (χ3n) is 3.38. The van der Waals surface area contributed by atoms with Gasteiger partial charge in [-0.1, -0.05) is 24.3 Å². The van der Waals surface area contributed by atoms with Gasteiger partial charge in [0.25, 0.3) is 0 Å². The molecule has 2 aromatic carbocycles. The molecule has 1 N–H and O–H groups in total. The molecule has 0 aliphatic carbocycles. The number of halogens is 1. The monoisotopic (exact) mass is 347 g/mol. The molecule has 0 bridgehead atoms. The first-order valence-electron chi connectivity index (χ1n) is 7.02. The molecule has 3 rings (SSSR count). The molecule has 0 saturated heterocycles. The Hall–Kier alpha value is -2.65. The summed E-state index contributed by atoms with van der Waals surface area (Å²) in [5.74, 6) is 0.0423. The van der Waals surface area contributed by atoms with Crippen LogP contribution >= 0.6 is 0 Å². The molecule has 0 spiro atoms. The Labute approximate surface area is 138 Å². The van der Waals surface area contributed by atoms with E-state index in [1.807, 2.05) is 0 Å². The molecule has 0 fully saturated rings. The van der Waals surface area contributed by atoms with Crippen LogP contribution in [0.2, 0.25) is 0 Å². The Morgan fingerprint density at radius 1 is 1.17 bits per heavy atom. The molecule has 0 aliphatic rings. The van der Waals surface area contributed by atoms with Crippen molar-refractivity contribution in [2.75, 3.05) is 0 Å². The van der Waals surface area contributed by atoms with E-state index >= 15 is 0 Å². The fourth-order valence-corrected chi connectivity index (χ4v) is 3.25. The smallest absolute Gasteiger partial charge is 0.229 e. The molecule has 0 radical (unpaired) electrons. The highest BCUT2D eigenvalue weighted by molar-refractivity contribution is 7.89. The lowest BCUT2D eigenvalue weighted by Crippen LogP contribution is -2.23. The van der Waals surface area contributed by atoms with Crippen molar-refractivity contribution in [1.29, 1.82) is 0 Å². The average Bonchev–Trinajstić information content (AvgIpc) is 2.99. The van der Waals surface area contributed by atoms with Crippen LogP contribution in [0.5, 0.6) is 0 Å². The minimum atomic E-state index is -3.75. The van der Waals surface area contributed by atoms with Crippen molar-refractivity contribution in [2.24, 2.45) is 7.05 Å². The van der Waals surface area contributed by atoms with Gasteiger partial charge in [-0.05, 0) is 40.3 Å². The highest BCUT2D eigenvalue weighted by Crippen LogP contribution is 2.19. The molecule has 124 valence electrons. The minimum absolute atomic E-state index is 0.00413. The summed E-state index contributed by atoms with van der Waals surface area (Å²) in [6, 6.07) is 12.0. The number of hydrogen-bond donors (Lipinski definition) is 1. The fourth-order valence-electron chi connectivity index (χ4n) is 2.18. The third kappa shape index (κ3) is 3.47. The Bertz CT molecular complexity index is 971. The molecule has 9 heteroatoms. The molecule has 24 heavy (non-hydrogen) atoms. The van der Waals surface area contributed by atoms with Crippen LogP contribution < -0.4 is 4.72 Å². The van der Waals surface area contributed by atoms with Crippen molar-refractivity contribution in [3.63, 3.8) is 0 Å². The van der Waals surface area contributed by atoms with Crippen LogP contribution in [-0.2, 0) is 23.6 Å². The summed E-state index contributed by atoms with van der Waals surface area (Å²) in [4.78, 5) is 0.0828. The third-order valence-corrected chi connectivity index (χ3v) is 4.78. The van der Waals surface area contributed by atoms with Crippen LogP contribution in [0.1, 0.15) is 5.56 Å². The number of rotatable bonds is 5. The summed E-state index contributed by atoms with van der Waals surface area (Å²) in [6.07, 6.45) is 0. The quantitative estimate of drug-likeness (QED) is 0.755. The largest absolute Gasteiger partial charge is 0.240 e. The Kier molecular flexibility index (Phi) is 4.36. The summed E-state index contributed by atoms with van der Waals surface area (Å²) in [5, 5.41) is 11.1. The van der Waals surface area contributed by atoms with Gasteiger partial charge in [0.2, 0.25) is 10.0 Å². The van der Waals surface area contributed by atoms with Gasteiger partial charge in [0.15, 0.2) is 5.82 Å². The standard InChI is InChI=1S/C15H14FN5O2S/c1-21-15(18-19-20-21)12-5-3-7-14(9-12)24(22,23)17-10-11-4-2-6-13(16)8-11/h2-9,17H,10H2,1H3. The van der Waals surface area contributed by atoms with Gasteiger partial charge in [-0.2, -0.15) is 0 Å². The molecule has 1 aromatic heterocycles. The summed E-state index contributed by atoms with van der Waals surface area (Å²) >= 11 is 0. The number of aromatic nitrogens is 4. The van der Waals surface area contributed by atoms with Crippen molar-refractivity contribution < 1.29 is 12.8 Å². The van der Waals surface area contributed by atoms with Crippen molar-refractivity contribution in [3.8, 4) is 11.4 Å². The molecule has 0 amide bonds. The Morgan fingerprint density at radius 2 is 1.96 bits per heavy atom. The maximum absolute atomic E-state index is 13.2. The van der Waals surface area contributed by atoms with Crippen molar-refractivity contribution in [1.82, 2.24) is 24.9 Å². The van der Waals surface area contributed by atoms with E-state index in [4.69, 9.17) is 0 Å². The van der Waals surface area contributed by atoms with Gasteiger partial charge in [-0.25, -0.2) is 22.2 Å². The van der Waals surface area contributed by atoms with Crippen LogP contribution in [0.15, 0.2) is 53.4 Å². The normalized spacial score (nSPS) is 11.6. The van der Waals surface area contributed by atoms with Crippen LogP contribution in [0.4, 0.5) is 4.39 Å². The van der Waals surface area contributed by atoms with Gasteiger partial charge < -0.3 is 0 Å². The number of sulfonamides is 1. The predicted octanol–water partition coefficient (Wildman–Crippen LogP) is 1.49. The lowest BCUT2D eigenvalue weighted by atomic mass is 10.2. The van der Waals surface area contributed by atoms with E-state index in [0.29, 0.717) is 17.0 Å². The van der Waals surface area contributed by atoms with E-state index in [-0.39, 0.29) is 11.4 Å².